The lowest BCUT2D eigenvalue weighted by atomic mass is 9.77. The maximum absolute atomic E-state index is 13.1. The number of aromatic nitrogens is 2. The maximum atomic E-state index is 13.1. The number of amidine groups is 1. The van der Waals surface area contributed by atoms with E-state index in [2.05, 4.69) is 111 Å². The lowest BCUT2D eigenvalue weighted by Crippen LogP contribution is -2.51. The van der Waals surface area contributed by atoms with Crippen molar-refractivity contribution in [3.05, 3.63) is 65.1 Å². The Hall–Kier alpha value is -3.95. The van der Waals surface area contributed by atoms with Crippen LogP contribution in [0.5, 0.6) is 5.75 Å². The number of aliphatic imine (C=N–C) groups is 1. The molecule has 8 rings (SSSR count). The average Bonchev–Trinajstić information content (AvgIpc) is 3.41. The van der Waals surface area contributed by atoms with Crippen LogP contribution in [0.3, 0.4) is 0 Å². The van der Waals surface area contributed by atoms with Gasteiger partial charge in [-0.25, -0.2) is 4.98 Å². The minimum absolute atomic E-state index is 0.00628. The van der Waals surface area contributed by atoms with Crippen molar-refractivity contribution in [2.75, 3.05) is 13.1 Å². The van der Waals surface area contributed by atoms with E-state index in [0.29, 0.717) is 31.0 Å². The van der Waals surface area contributed by atoms with Gasteiger partial charge >= 0.3 is 0 Å². The lowest BCUT2D eigenvalue weighted by Gasteiger charge is -2.36. The first-order valence-electron chi connectivity index (χ1n) is 19.3. The van der Waals surface area contributed by atoms with E-state index in [9.17, 15) is 4.79 Å². The summed E-state index contributed by atoms with van der Waals surface area (Å²) in [6.45, 7) is 17.8. The number of epoxide rings is 1. The van der Waals surface area contributed by atoms with E-state index in [4.69, 9.17) is 19.5 Å². The molecule has 1 amide bonds. The molecule has 2 fully saturated rings. The number of hydrogen-bond donors (Lipinski definition) is 2. The van der Waals surface area contributed by atoms with Crippen LogP contribution in [-0.2, 0) is 21.7 Å². The van der Waals surface area contributed by atoms with Crippen molar-refractivity contribution in [2.45, 2.75) is 123 Å². The van der Waals surface area contributed by atoms with Gasteiger partial charge in [0.25, 0.3) is 0 Å². The highest BCUT2D eigenvalue weighted by Crippen LogP contribution is 2.47. The van der Waals surface area contributed by atoms with Gasteiger partial charge in [0.05, 0.1) is 41.7 Å². The van der Waals surface area contributed by atoms with Crippen molar-refractivity contribution in [3.63, 3.8) is 0 Å². The molecule has 0 radical (unpaired) electrons. The van der Waals surface area contributed by atoms with Gasteiger partial charge in [-0.05, 0) is 91.0 Å². The van der Waals surface area contributed by atoms with Crippen molar-refractivity contribution in [3.8, 4) is 28.1 Å². The number of benzene rings is 2. The van der Waals surface area contributed by atoms with Crippen LogP contribution < -0.4 is 10.1 Å². The molecule has 7 atom stereocenters. The molecule has 2 saturated heterocycles. The van der Waals surface area contributed by atoms with Crippen LogP contribution in [-0.4, -0.2) is 69.0 Å². The Bertz CT molecular complexity index is 1880. The number of likely N-dealkylation sites (tertiary alicyclic amines) is 1. The predicted molar refractivity (Wildman–Crippen MR) is 202 cm³/mol. The molecule has 0 bridgehead atoms. The Balaban J connectivity index is 1.02. The fraction of sp³-hybridized carbons (Fsp3) is 0.548. The molecule has 51 heavy (non-hydrogen) atoms. The van der Waals surface area contributed by atoms with E-state index >= 15 is 0 Å². The maximum Gasteiger partial charge on any atom is 0.223 e. The van der Waals surface area contributed by atoms with E-state index in [0.717, 1.165) is 73.0 Å². The average molecular weight is 691 g/mol. The van der Waals surface area contributed by atoms with E-state index < -0.39 is 5.54 Å². The summed E-state index contributed by atoms with van der Waals surface area (Å²) in [5.41, 5.74) is 7.56. The van der Waals surface area contributed by atoms with Gasteiger partial charge < -0.3 is 24.7 Å². The Labute approximate surface area is 302 Å². The smallest absolute Gasteiger partial charge is 0.223 e. The molecule has 1 aromatic heterocycles. The predicted octanol–water partition coefficient (Wildman–Crippen LogP) is 7.83. The number of fused-ring (bicyclic) bond motifs is 6. The zero-order valence-electron chi connectivity index (χ0n) is 31.3. The molecular weight excluding hydrogens is 637 g/mol. The number of aromatic amines is 1. The largest absolute Gasteiger partial charge is 0.488 e. The van der Waals surface area contributed by atoms with Gasteiger partial charge in [0.2, 0.25) is 5.91 Å². The minimum atomic E-state index is -0.407. The first-order chi connectivity index (χ1) is 24.6. The zero-order chi connectivity index (χ0) is 35.6. The van der Waals surface area contributed by atoms with Crippen LogP contribution in [0.1, 0.15) is 109 Å². The lowest BCUT2D eigenvalue weighted by molar-refractivity contribution is -0.131. The summed E-state index contributed by atoms with van der Waals surface area (Å²) in [7, 11) is 0. The summed E-state index contributed by atoms with van der Waals surface area (Å²) < 4.78 is 12.6. The first kappa shape index (κ1) is 34.2. The summed E-state index contributed by atoms with van der Waals surface area (Å²) >= 11 is 0. The summed E-state index contributed by atoms with van der Waals surface area (Å²) in [6, 6.07) is 11.3. The number of rotatable bonds is 11. The summed E-state index contributed by atoms with van der Waals surface area (Å²) in [4.78, 5) is 31.3. The Morgan fingerprint density at radius 3 is 2.76 bits per heavy atom. The van der Waals surface area contributed by atoms with Crippen LogP contribution in [0, 0.1) is 11.8 Å². The molecule has 9 nitrogen and oxygen atoms in total. The molecule has 9 heteroatoms. The fourth-order valence-electron chi connectivity index (χ4n) is 8.91. The first-order valence-corrected chi connectivity index (χ1v) is 19.3. The van der Waals surface area contributed by atoms with Gasteiger partial charge in [0.1, 0.15) is 30.2 Å². The topological polar surface area (TPSA) is 98.4 Å². The number of H-pyrrole nitrogens is 1. The molecule has 2 N–H and O–H groups in total. The fourth-order valence-corrected chi connectivity index (χ4v) is 8.91. The Kier molecular flexibility index (Phi) is 8.86. The van der Waals surface area contributed by atoms with Crippen LogP contribution in [0.4, 0.5) is 0 Å². The number of carbonyl (C=O) groups is 1. The number of ether oxygens (including phenoxy) is 2. The summed E-state index contributed by atoms with van der Waals surface area (Å²) in [6.07, 6.45) is 11.5. The van der Waals surface area contributed by atoms with Crippen molar-refractivity contribution in [1.29, 1.82) is 0 Å². The molecule has 270 valence electrons. The number of hydrogen-bond acceptors (Lipinski definition) is 7. The normalized spacial score (nSPS) is 27.7. The highest BCUT2D eigenvalue weighted by atomic mass is 16.6. The number of nitrogens with zero attached hydrogens (tertiary/aromatic N) is 4. The van der Waals surface area contributed by atoms with Crippen LogP contribution in [0.2, 0.25) is 0 Å². The van der Waals surface area contributed by atoms with Gasteiger partial charge in [-0.15, -0.1) is 0 Å². The number of imidazole rings is 1. The Morgan fingerprint density at radius 1 is 1.14 bits per heavy atom. The molecule has 1 aliphatic carbocycles. The van der Waals surface area contributed by atoms with Crippen LogP contribution in [0.25, 0.3) is 28.5 Å². The molecule has 2 aromatic carbocycles. The highest BCUT2D eigenvalue weighted by Gasteiger charge is 2.48. The van der Waals surface area contributed by atoms with Gasteiger partial charge in [-0.3, -0.25) is 14.7 Å². The number of amides is 1. The number of carbonyl (C=O) groups excluding carboxylic acids is 1. The molecule has 5 aliphatic rings. The van der Waals surface area contributed by atoms with Gasteiger partial charge in [0.15, 0.2) is 0 Å². The van der Waals surface area contributed by atoms with Crippen molar-refractivity contribution < 1.29 is 14.3 Å². The zero-order valence-corrected chi connectivity index (χ0v) is 31.3. The number of nitrogens with one attached hydrogen (secondary N) is 2. The monoisotopic (exact) mass is 690 g/mol. The molecular formula is C42H54N6O3. The van der Waals surface area contributed by atoms with Crippen molar-refractivity contribution >= 4 is 17.8 Å². The van der Waals surface area contributed by atoms with Gasteiger partial charge in [0, 0.05) is 25.1 Å². The summed E-state index contributed by atoms with van der Waals surface area (Å²) in [5.74, 6) is 4.04. The summed E-state index contributed by atoms with van der Waals surface area (Å²) in [5, 5.41) is 3.84. The van der Waals surface area contributed by atoms with Crippen LogP contribution in [0.15, 0.2) is 47.6 Å². The molecule has 0 spiro atoms. The van der Waals surface area contributed by atoms with Gasteiger partial charge in [-0.1, -0.05) is 65.3 Å². The molecule has 7 unspecified atom stereocenters. The standard InChI is InChI=1S/C42H54N6O3/c1-8-10-35-41(51-35)47(21-24(3)4)26(6)39-43-20-33(44-39)28-12-14-30-29(17-28)23-50-36-19-32-27(18-31(30)36)13-15-37-42(32,7)46-40(45-37)34-16-25(5)22-48(34)38(49)11-9-2/h12-15,17-20,24-26,34-35,37,41H,8-11,16,21-23H2,1-7H3,(H,43,44)(H,45,46). The van der Waals surface area contributed by atoms with Crippen molar-refractivity contribution in [1.82, 2.24) is 25.1 Å². The highest BCUT2D eigenvalue weighted by molar-refractivity contribution is 5.95. The second-order valence-corrected chi connectivity index (χ2v) is 16.2. The molecule has 0 saturated carbocycles. The Morgan fingerprint density at radius 2 is 1.98 bits per heavy atom. The van der Waals surface area contributed by atoms with Crippen LogP contribution >= 0.6 is 0 Å². The molecule has 3 aromatic rings. The third-order valence-corrected chi connectivity index (χ3v) is 11.6. The van der Waals surface area contributed by atoms with E-state index in [1.807, 2.05) is 6.20 Å². The van der Waals surface area contributed by atoms with E-state index in [1.165, 1.54) is 22.3 Å². The third kappa shape index (κ3) is 6.10. The molecule has 5 heterocycles. The van der Waals surface area contributed by atoms with E-state index in [1.54, 1.807) is 0 Å². The SMILES string of the molecule is CCCC(=O)N1CC(C)CC1C1=NC2C=Cc3cc4c(cc3C2(C)N1)OCc1cc(-c2cnc(C(C)N(CC(C)C)C3OC3CCC)[nH]2)ccc1-4. The second kappa shape index (κ2) is 13.2. The second-order valence-electron chi connectivity index (χ2n) is 16.2. The van der Waals surface area contributed by atoms with Crippen molar-refractivity contribution in [2.24, 2.45) is 16.8 Å². The third-order valence-electron chi connectivity index (χ3n) is 11.6. The van der Waals surface area contributed by atoms with Gasteiger partial charge in [-0.2, -0.15) is 0 Å². The minimum Gasteiger partial charge on any atom is -0.488 e. The molecule has 4 aliphatic heterocycles. The van der Waals surface area contributed by atoms with E-state index in [-0.39, 0.29) is 30.3 Å². The quantitative estimate of drug-likeness (QED) is 0.199.